The van der Waals surface area contributed by atoms with E-state index < -0.39 is 0 Å². The molecule has 0 fully saturated rings. The van der Waals surface area contributed by atoms with Crippen LogP contribution in [-0.4, -0.2) is 15.4 Å². The average molecular weight is 205 g/mol. The lowest BCUT2D eigenvalue weighted by molar-refractivity contribution is -0.109. The van der Waals surface area contributed by atoms with E-state index in [0.29, 0.717) is 5.04 Å². The monoisotopic (exact) mass is 205 g/mol. The highest BCUT2D eigenvalue weighted by atomic mass is 32.2. The Morgan fingerprint density at radius 2 is 2.17 bits per heavy atom. The Morgan fingerprint density at radius 3 is 2.42 bits per heavy atom. The third kappa shape index (κ3) is 4.16. The number of carbonyl (C=O) groups is 1. The maximum Gasteiger partial charge on any atom is 0.191 e. The number of rotatable bonds is 3. The van der Waals surface area contributed by atoms with E-state index in [1.807, 2.05) is 13.8 Å². The maximum atomic E-state index is 10.7. The number of carbonyl (C=O) groups excluding carboxylic acids is 1. The molecule has 70 valence electrons. The van der Waals surface area contributed by atoms with Crippen LogP contribution < -0.4 is 0 Å². The van der Waals surface area contributed by atoms with Crippen molar-refractivity contribution in [3.05, 3.63) is 0 Å². The molecule has 0 aromatic carbocycles. The minimum atomic E-state index is -0.0209. The van der Waals surface area contributed by atoms with Crippen LogP contribution in [0.2, 0.25) is 0 Å². The summed E-state index contributed by atoms with van der Waals surface area (Å²) in [6.45, 7) is 5.44. The van der Waals surface area contributed by atoms with Gasteiger partial charge in [0.25, 0.3) is 0 Å². The Balaban J connectivity index is 4.12. The van der Waals surface area contributed by atoms with Crippen LogP contribution in [0.25, 0.3) is 0 Å². The molecule has 0 aliphatic heterocycles. The molecule has 0 saturated carbocycles. The first-order chi connectivity index (χ1) is 5.49. The molecule has 0 aromatic heterocycles. The van der Waals surface area contributed by atoms with Gasteiger partial charge in [0.1, 0.15) is 0 Å². The van der Waals surface area contributed by atoms with E-state index in [1.165, 1.54) is 6.92 Å². The smallest absolute Gasteiger partial charge is 0.191 e. The average Bonchev–Trinajstić information content (AvgIpc) is 1.85. The fraction of sp³-hybridized carbons (Fsp3) is 0.750. The molecule has 0 saturated heterocycles. The molecule has 0 bridgehead atoms. The second-order valence-corrected chi connectivity index (χ2v) is 4.75. The summed E-state index contributed by atoms with van der Waals surface area (Å²) in [4.78, 5) is 10.7. The van der Waals surface area contributed by atoms with Crippen molar-refractivity contribution in [1.29, 1.82) is 5.41 Å². The quantitative estimate of drug-likeness (QED) is 0.422. The van der Waals surface area contributed by atoms with Gasteiger partial charge < -0.3 is 0 Å². The Hall–Kier alpha value is 0.0400. The van der Waals surface area contributed by atoms with Crippen LogP contribution in [0.4, 0.5) is 0 Å². The summed E-state index contributed by atoms with van der Waals surface area (Å²) in [6.07, 6.45) is 0.865. The third-order valence-corrected chi connectivity index (χ3v) is 2.78. The lowest BCUT2D eigenvalue weighted by Gasteiger charge is -2.17. The fourth-order valence-electron chi connectivity index (χ4n) is 0.976. The van der Waals surface area contributed by atoms with Gasteiger partial charge in [-0.1, -0.05) is 13.8 Å². The Morgan fingerprint density at radius 1 is 1.67 bits per heavy atom. The minimum absolute atomic E-state index is 0.0209. The van der Waals surface area contributed by atoms with Crippen LogP contribution in [0.1, 0.15) is 27.2 Å². The summed E-state index contributed by atoms with van der Waals surface area (Å²) >= 11 is 5.28. The Labute approximate surface area is 83.4 Å². The van der Waals surface area contributed by atoms with Crippen molar-refractivity contribution >= 4 is 34.5 Å². The van der Waals surface area contributed by atoms with Crippen molar-refractivity contribution in [2.24, 2.45) is 5.92 Å². The van der Waals surface area contributed by atoms with Gasteiger partial charge in [-0.05, 0) is 18.2 Å². The highest BCUT2D eigenvalue weighted by molar-refractivity contribution is 8.26. The van der Waals surface area contributed by atoms with E-state index in [2.05, 4.69) is 12.6 Å². The second-order valence-electron chi connectivity index (χ2n) is 2.71. The van der Waals surface area contributed by atoms with Gasteiger partial charge in [-0.15, -0.1) is 0 Å². The molecular formula is C8H15NOS2. The van der Waals surface area contributed by atoms with Crippen molar-refractivity contribution < 1.29 is 4.79 Å². The first-order valence-corrected chi connectivity index (χ1v) is 5.27. The van der Waals surface area contributed by atoms with Crippen molar-refractivity contribution in [2.75, 3.05) is 0 Å². The predicted octanol–water partition coefficient (Wildman–Crippen LogP) is 2.59. The molecule has 2 unspecified atom stereocenters. The molecule has 12 heavy (non-hydrogen) atoms. The molecule has 0 aliphatic carbocycles. The molecule has 4 heteroatoms. The van der Waals surface area contributed by atoms with Crippen LogP contribution in [-0.2, 0) is 4.79 Å². The molecule has 0 aliphatic rings. The number of thiol groups is 1. The SMILES string of the molecule is CCC(C(=N)SC(C)=O)C(C)S. The molecule has 0 aromatic rings. The highest BCUT2D eigenvalue weighted by Gasteiger charge is 2.18. The van der Waals surface area contributed by atoms with Crippen LogP contribution >= 0.6 is 24.4 Å². The van der Waals surface area contributed by atoms with Gasteiger partial charge in [0.2, 0.25) is 0 Å². The summed E-state index contributed by atoms with van der Waals surface area (Å²) in [5, 5.41) is 8.16. The molecular weight excluding hydrogens is 190 g/mol. The molecule has 0 spiro atoms. The van der Waals surface area contributed by atoms with Gasteiger partial charge in [0.05, 0.1) is 5.04 Å². The van der Waals surface area contributed by atoms with Crippen molar-refractivity contribution in [2.45, 2.75) is 32.4 Å². The maximum absolute atomic E-state index is 10.7. The zero-order chi connectivity index (χ0) is 9.72. The van der Waals surface area contributed by atoms with Gasteiger partial charge in [0.15, 0.2) is 5.12 Å². The number of nitrogens with one attached hydrogen (secondary N) is 1. The van der Waals surface area contributed by atoms with Crippen molar-refractivity contribution in [1.82, 2.24) is 0 Å². The Kier molecular flexibility index (Phi) is 5.66. The van der Waals surface area contributed by atoms with E-state index in [1.54, 1.807) is 0 Å². The zero-order valence-corrected chi connectivity index (χ0v) is 9.34. The summed E-state index contributed by atoms with van der Waals surface area (Å²) in [7, 11) is 0. The third-order valence-electron chi connectivity index (χ3n) is 1.61. The molecule has 0 amide bonds. The summed E-state index contributed by atoms with van der Waals surface area (Å²) in [6, 6.07) is 0. The van der Waals surface area contributed by atoms with E-state index >= 15 is 0 Å². The summed E-state index contributed by atoms with van der Waals surface area (Å²) < 4.78 is 0. The minimum Gasteiger partial charge on any atom is -0.298 e. The molecule has 0 rings (SSSR count). The van der Waals surface area contributed by atoms with Crippen molar-refractivity contribution in [3.63, 3.8) is 0 Å². The first-order valence-electron chi connectivity index (χ1n) is 3.94. The van der Waals surface area contributed by atoms with Gasteiger partial charge in [-0.2, -0.15) is 12.6 Å². The lowest BCUT2D eigenvalue weighted by atomic mass is 10.1. The van der Waals surface area contributed by atoms with Crippen LogP contribution in [0, 0.1) is 11.3 Å². The normalized spacial score (nSPS) is 15.3. The molecule has 0 radical (unpaired) electrons. The van der Waals surface area contributed by atoms with Gasteiger partial charge >= 0.3 is 0 Å². The number of hydrogen-bond donors (Lipinski definition) is 2. The first kappa shape index (κ1) is 12.0. The van der Waals surface area contributed by atoms with E-state index in [9.17, 15) is 4.79 Å². The highest BCUT2D eigenvalue weighted by Crippen LogP contribution is 2.21. The molecule has 1 N–H and O–H groups in total. The topological polar surface area (TPSA) is 40.9 Å². The van der Waals surface area contributed by atoms with Gasteiger partial charge in [0, 0.05) is 18.1 Å². The number of thioether (sulfide) groups is 1. The van der Waals surface area contributed by atoms with Crippen molar-refractivity contribution in [3.8, 4) is 0 Å². The lowest BCUT2D eigenvalue weighted by Crippen LogP contribution is -2.19. The van der Waals surface area contributed by atoms with Gasteiger partial charge in [-0.3, -0.25) is 10.2 Å². The summed E-state index contributed by atoms with van der Waals surface area (Å²) in [5.41, 5.74) is 0. The standard InChI is InChI=1S/C8H15NOS2/c1-4-7(5(2)11)8(9)12-6(3)10/h5,7,9,11H,4H2,1-3H3. The van der Waals surface area contributed by atoms with E-state index in [0.717, 1.165) is 18.2 Å². The Bertz CT molecular complexity index is 180. The zero-order valence-electron chi connectivity index (χ0n) is 7.63. The molecule has 2 nitrogen and oxygen atoms in total. The largest absolute Gasteiger partial charge is 0.298 e. The second kappa shape index (κ2) is 5.65. The van der Waals surface area contributed by atoms with Gasteiger partial charge in [-0.25, -0.2) is 0 Å². The predicted molar refractivity (Wildman–Crippen MR) is 58.2 cm³/mol. The van der Waals surface area contributed by atoms with E-state index in [4.69, 9.17) is 5.41 Å². The van der Waals surface area contributed by atoms with Crippen LogP contribution in [0.3, 0.4) is 0 Å². The number of hydrogen-bond acceptors (Lipinski definition) is 4. The van der Waals surface area contributed by atoms with Crippen LogP contribution in [0.5, 0.6) is 0 Å². The van der Waals surface area contributed by atoms with E-state index in [-0.39, 0.29) is 16.3 Å². The summed E-state index contributed by atoms with van der Waals surface area (Å²) in [5.74, 6) is 0.113. The van der Waals surface area contributed by atoms with Crippen LogP contribution in [0.15, 0.2) is 0 Å². The molecule has 2 atom stereocenters. The molecule has 0 heterocycles. The fourth-order valence-corrected chi connectivity index (χ4v) is 2.27.